The van der Waals surface area contributed by atoms with Crippen molar-refractivity contribution in [3.63, 3.8) is 0 Å². The van der Waals surface area contributed by atoms with Crippen LogP contribution in [0.25, 0.3) is 11.2 Å². The quantitative estimate of drug-likeness (QED) is 0.891. The van der Waals surface area contributed by atoms with E-state index in [1.54, 1.807) is 4.57 Å². The molecule has 7 nitrogen and oxygen atoms in total. The monoisotopic (exact) mass is 305 g/mol. The van der Waals surface area contributed by atoms with Gasteiger partial charge in [-0.2, -0.15) is 0 Å². The molecule has 2 aromatic heterocycles. The molecule has 3 heterocycles. The molecule has 0 radical (unpaired) electrons. The van der Waals surface area contributed by atoms with E-state index in [-0.39, 0.29) is 11.2 Å². The van der Waals surface area contributed by atoms with Crippen LogP contribution in [0.4, 0.5) is 0 Å². The van der Waals surface area contributed by atoms with Gasteiger partial charge in [0.05, 0.1) is 0 Å². The Hall–Kier alpha value is -1.89. The fourth-order valence-corrected chi connectivity index (χ4v) is 3.39. The second-order valence-electron chi connectivity index (χ2n) is 5.80. The van der Waals surface area contributed by atoms with Crippen LogP contribution >= 0.6 is 0 Å². The van der Waals surface area contributed by atoms with Gasteiger partial charge in [-0.05, 0) is 39.8 Å². The summed E-state index contributed by atoms with van der Waals surface area (Å²) < 4.78 is 4.79. The van der Waals surface area contributed by atoms with Gasteiger partial charge in [-0.3, -0.25) is 13.9 Å². The highest BCUT2D eigenvalue weighted by molar-refractivity contribution is 5.71. The normalized spacial score (nSPS) is 16.5. The van der Waals surface area contributed by atoms with Gasteiger partial charge in [0.15, 0.2) is 11.2 Å². The minimum Gasteiger partial charge on any atom is -0.325 e. The molecule has 120 valence electrons. The topological polar surface area (TPSA) is 73.8 Å². The Balaban J connectivity index is 2.31. The number of hydrogen-bond acceptors (Lipinski definition) is 4. The van der Waals surface area contributed by atoms with Gasteiger partial charge in [-0.1, -0.05) is 0 Å². The van der Waals surface area contributed by atoms with Gasteiger partial charge in [0.2, 0.25) is 0 Å². The molecule has 0 bridgehead atoms. The molecule has 22 heavy (non-hydrogen) atoms. The van der Waals surface area contributed by atoms with Crippen molar-refractivity contribution in [1.29, 1.82) is 0 Å². The van der Waals surface area contributed by atoms with Gasteiger partial charge in [0.25, 0.3) is 5.56 Å². The van der Waals surface area contributed by atoms with E-state index < -0.39 is 0 Å². The van der Waals surface area contributed by atoms with E-state index in [4.69, 9.17) is 0 Å². The summed E-state index contributed by atoms with van der Waals surface area (Å²) in [5, 5.41) is 3.34. The highest BCUT2D eigenvalue weighted by atomic mass is 16.2. The van der Waals surface area contributed by atoms with E-state index in [0.29, 0.717) is 30.2 Å². The van der Waals surface area contributed by atoms with Crippen LogP contribution in [-0.2, 0) is 20.1 Å². The third kappa shape index (κ3) is 2.11. The maximum Gasteiger partial charge on any atom is 0.332 e. The second kappa shape index (κ2) is 5.72. The minimum absolute atomic E-state index is 0.234. The lowest BCUT2D eigenvalue weighted by molar-refractivity contribution is 0.438. The molecule has 0 amide bonds. The van der Waals surface area contributed by atoms with Crippen molar-refractivity contribution in [2.75, 3.05) is 13.1 Å². The largest absolute Gasteiger partial charge is 0.332 e. The molecule has 1 aliphatic rings. The van der Waals surface area contributed by atoms with E-state index in [2.05, 4.69) is 10.3 Å². The molecule has 1 saturated heterocycles. The van der Waals surface area contributed by atoms with E-state index in [1.807, 2.05) is 25.5 Å². The Labute approximate surface area is 128 Å². The first-order chi connectivity index (χ1) is 10.6. The Morgan fingerprint density at radius 2 is 1.77 bits per heavy atom. The molecule has 0 atom stereocenters. The summed E-state index contributed by atoms with van der Waals surface area (Å²) in [6.07, 6.45) is 2.02. The zero-order valence-corrected chi connectivity index (χ0v) is 13.4. The molecule has 2 aromatic rings. The molecule has 7 heteroatoms. The van der Waals surface area contributed by atoms with Crippen LogP contribution in [0.3, 0.4) is 0 Å². The lowest BCUT2D eigenvalue weighted by atomic mass is 9.97. The number of aromatic nitrogens is 4. The first kappa shape index (κ1) is 15.0. The van der Waals surface area contributed by atoms with Crippen molar-refractivity contribution in [1.82, 2.24) is 24.0 Å². The predicted octanol–water partition coefficient (Wildman–Crippen LogP) is 0.403. The second-order valence-corrected chi connectivity index (χ2v) is 5.80. The van der Waals surface area contributed by atoms with Crippen molar-refractivity contribution in [2.45, 2.75) is 45.7 Å². The van der Waals surface area contributed by atoms with Gasteiger partial charge in [0.1, 0.15) is 5.82 Å². The molecule has 1 N–H and O–H groups in total. The van der Waals surface area contributed by atoms with Crippen LogP contribution in [0.1, 0.15) is 38.4 Å². The number of nitrogens with zero attached hydrogens (tertiary/aromatic N) is 4. The van der Waals surface area contributed by atoms with Crippen molar-refractivity contribution < 1.29 is 0 Å². The summed E-state index contributed by atoms with van der Waals surface area (Å²) in [6.45, 7) is 6.55. The molecular formula is C15H23N5O2. The lowest BCUT2D eigenvalue weighted by Gasteiger charge is -2.21. The number of rotatable bonds is 3. The summed E-state index contributed by atoms with van der Waals surface area (Å²) >= 11 is 0. The van der Waals surface area contributed by atoms with Crippen LogP contribution in [0.2, 0.25) is 0 Å². The van der Waals surface area contributed by atoms with Gasteiger partial charge >= 0.3 is 5.69 Å². The fraction of sp³-hybridized carbons (Fsp3) is 0.667. The summed E-state index contributed by atoms with van der Waals surface area (Å²) in [5.41, 5.74) is 0.565. The van der Waals surface area contributed by atoms with E-state index in [1.165, 1.54) is 4.57 Å². The van der Waals surface area contributed by atoms with E-state index >= 15 is 0 Å². The smallest absolute Gasteiger partial charge is 0.325 e. The van der Waals surface area contributed by atoms with Gasteiger partial charge in [-0.25, -0.2) is 9.78 Å². The van der Waals surface area contributed by atoms with Crippen LogP contribution in [0.15, 0.2) is 9.59 Å². The van der Waals surface area contributed by atoms with Crippen LogP contribution in [0, 0.1) is 0 Å². The zero-order chi connectivity index (χ0) is 15.9. The van der Waals surface area contributed by atoms with Crippen molar-refractivity contribution in [3.05, 3.63) is 26.7 Å². The van der Waals surface area contributed by atoms with Crippen molar-refractivity contribution >= 4 is 11.2 Å². The van der Waals surface area contributed by atoms with Crippen molar-refractivity contribution in [2.24, 2.45) is 7.05 Å². The van der Waals surface area contributed by atoms with Crippen molar-refractivity contribution in [3.8, 4) is 0 Å². The maximum atomic E-state index is 12.6. The highest BCUT2D eigenvalue weighted by Gasteiger charge is 2.24. The summed E-state index contributed by atoms with van der Waals surface area (Å²) in [5.74, 6) is 1.26. The summed E-state index contributed by atoms with van der Waals surface area (Å²) in [7, 11) is 1.89. The van der Waals surface area contributed by atoms with Crippen LogP contribution in [-0.4, -0.2) is 31.8 Å². The number of aryl methyl sites for hydroxylation is 2. The number of fused-ring (bicyclic) bond motifs is 1. The maximum absolute atomic E-state index is 12.6. The molecule has 0 aliphatic carbocycles. The number of hydrogen-bond donors (Lipinski definition) is 1. The van der Waals surface area contributed by atoms with E-state index in [9.17, 15) is 9.59 Å². The minimum atomic E-state index is -0.266. The Bertz CT molecular complexity index is 808. The molecule has 0 unspecified atom stereocenters. The lowest BCUT2D eigenvalue weighted by Crippen LogP contribution is -2.39. The molecular weight excluding hydrogens is 282 g/mol. The Morgan fingerprint density at radius 1 is 1.14 bits per heavy atom. The van der Waals surface area contributed by atoms with Gasteiger partial charge < -0.3 is 9.88 Å². The van der Waals surface area contributed by atoms with Gasteiger partial charge in [-0.15, -0.1) is 0 Å². The Morgan fingerprint density at radius 3 is 2.36 bits per heavy atom. The average molecular weight is 305 g/mol. The summed E-state index contributed by atoms with van der Waals surface area (Å²) in [6, 6.07) is 0. The van der Waals surface area contributed by atoms with Crippen LogP contribution < -0.4 is 16.6 Å². The zero-order valence-electron chi connectivity index (χ0n) is 13.4. The predicted molar refractivity (Wildman–Crippen MR) is 85.4 cm³/mol. The number of nitrogens with one attached hydrogen (secondary N) is 1. The standard InChI is InChI=1S/C15H23N5O2/c1-4-19-13-11(14(21)20(5-2)15(19)22)18(3)12(17-13)10-6-8-16-9-7-10/h10,16H,4-9H2,1-3H3. The average Bonchev–Trinajstić information content (AvgIpc) is 2.87. The molecule has 0 spiro atoms. The highest BCUT2D eigenvalue weighted by Crippen LogP contribution is 2.25. The molecule has 1 fully saturated rings. The molecule has 3 rings (SSSR count). The molecule has 1 aliphatic heterocycles. The first-order valence-corrected chi connectivity index (χ1v) is 8.00. The van der Waals surface area contributed by atoms with Gasteiger partial charge in [0, 0.05) is 26.1 Å². The fourth-order valence-electron chi connectivity index (χ4n) is 3.39. The first-order valence-electron chi connectivity index (χ1n) is 8.00. The molecule has 0 aromatic carbocycles. The molecule has 0 saturated carbocycles. The summed E-state index contributed by atoms with van der Waals surface area (Å²) in [4.78, 5) is 29.8. The van der Waals surface area contributed by atoms with E-state index in [0.717, 1.165) is 31.8 Å². The Kier molecular flexibility index (Phi) is 3.90. The SMILES string of the molecule is CCn1c(=O)c2c(nc(C3CCNCC3)n2C)n(CC)c1=O. The third-order valence-corrected chi connectivity index (χ3v) is 4.61. The number of imidazole rings is 1. The number of piperidine rings is 1. The third-order valence-electron chi connectivity index (χ3n) is 4.61. The van der Waals surface area contributed by atoms with Crippen LogP contribution in [0.5, 0.6) is 0 Å².